The maximum atomic E-state index is 13.5. The number of rotatable bonds is 6. The molecule has 3 nitrogen and oxygen atoms in total. The summed E-state index contributed by atoms with van der Waals surface area (Å²) in [4.78, 5) is 11.8. The van der Waals surface area contributed by atoms with Crippen LogP contribution in [-0.2, 0) is 11.3 Å². The van der Waals surface area contributed by atoms with E-state index in [0.29, 0.717) is 5.56 Å². The van der Waals surface area contributed by atoms with Gasteiger partial charge in [0.25, 0.3) is 0 Å². The van der Waals surface area contributed by atoms with Crippen LogP contribution in [0, 0.1) is 11.6 Å². The average Bonchev–Trinajstić information content (AvgIpc) is 2.49. The molecule has 0 fully saturated rings. The van der Waals surface area contributed by atoms with E-state index in [1.165, 1.54) is 25.3 Å². The summed E-state index contributed by atoms with van der Waals surface area (Å²) < 4.78 is 36.8. The van der Waals surface area contributed by atoms with Crippen molar-refractivity contribution in [3.05, 3.63) is 65.2 Å². The third kappa shape index (κ3) is 3.86. The van der Waals surface area contributed by atoms with E-state index < -0.39 is 5.82 Å². The third-order valence-electron chi connectivity index (χ3n) is 2.92. The maximum Gasteiger partial charge on any atom is 0.188 e. The summed E-state index contributed by atoms with van der Waals surface area (Å²) in [6, 6.07) is 10.1. The highest BCUT2D eigenvalue weighted by atomic mass is 19.1. The highest BCUT2D eigenvalue weighted by molar-refractivity contribution is 5.97. The quantitative estimate of drug-likeness (QED) is 0.766. The molecule has 0 N–H and O–H groups in total. The molecule has 0 spiro atoms. The molecule has 0 amide bonds. The molecular formula is C16H14F2O3. The molecule has 0 aliphatic heterocycles. The number of hydrogen-bond acceptors (Lipinski definition) is 3. The Labute approximate surface area is 121 Å². The Morgan fingerprint density at radius 1 is 1.10 bits per heavy atom. The second kappa shape index (κ2) is 6.95. The molecule has 21 heavy (non-hydrogen) atoms. The van der Waals surface area contributed by atoms with Crippen LogP contribution in [0.2, 0.25) is 0 Å². The molecule has 5 heteroatoms. The molecule has 0 aromatic heterocycles. The zero-order chi connectivity index (χ0) is 15.2. The van der Waals surface area contributed by atoms with Crippen LogP contribution in [0.3, 0.4) is 0 Å². The Balaban J connectivity index is 1.93. The van der Waals surface area contributed by atoms with Gasteiger partial charge in [-0.2, -0.15) is 0 Å². The summed E-state index contributed by atoms with van der Waals surface area (Å²) in [5, 5.41) is 0. The van der Waals surface area contributed by atoms with Crippen LogP contribution in [0.1, 0.15) is 15.9 Å². The minimum Gasteiger partial charge on any atom is -0.494 e. The molecule has 2 aromatic rings. The molecule has 0 radical (unpaired) electrons. The first-order valence-electron chi connectivity index (χ1n) is 6.29. The Morgan fingerprint density at radius 2 is 1.86 bits per heavy atom. The molecule has 0 bridgehead atoms. The topological polar surface area (TPSA) is 35.5 Å². The van der Waals surface area contributed by atoms with Gasteiger partial charge in [-0.05, 0) is 24.3 Å². The lowest BCUT2D eigenvalue weighted by Gasteiger charge is -2.06. The number of carbonyl (C=O) groups is 1. The molecule has 0 unspecified atom stereocenters. The summed E-state index contributed by atoms with van der Waals surface area (Å²) in [6.45, 7) is -0.267. The standard InChI is InChI=1S/C16H14F2O3/c1-20-16-7-6-11(8-14(16)18)15(19)10-21-9-12-4-2-3-5-13(12)17/h2-8H,9-10H2,1H3. The van der Waals surface area contributed by atoms with E-state index in [2.05, 4.69) is 0 Å². The molecule has 2 aromatic carbocycles. The number of halogens is 2. The molecular weight excluding hydrogens is 278 g/mol. The van der Waals surface area contributed by atoms with Gasteiger partial charge in [-0.3, -0.25) is 4.79 Å². The molecule has 0 saturated heterocycles. The lowest BCUT2D eigenvalue weighted by Crippen LogP contribution is -2.10. The predicted molar refractivity (Wildman–Crippen MR) is 73.3 cm³/mol. The summed E-state index contributed by atoms with van der Waals surface area (Å²) >= 11 is 0. The largest absolute Gasteiger partial charge is 0.494 e. The number of Topliss-reactive ketones (excluding diaryl/α,β-unsaturated/α-hetero) is 1. The first-order valence-corrected chi connectivity index (χ1v) is 6.29. The highest BCUT2D eigenvalue weighted by Gasteiger charge is 2.11. The van der Waals surface area contributed by atoms with Crippen LogP contribution in [-0.4, -0.2) is 19.5 Å². The van der Waals surface area contributed by atoms with E-state index in [0.717, 1.165) is 6.07 Å². The molecule has 2 rings (SSSR count). The zero-order valence-corrected chi connectivity index (χ0v) is 11.4. The number of hydrogen-bond donors (Lipinski definition) is 0. The molecule has 0 heterocycles. The zero-order valence-electron chi connectivity index (χ0n) is 11.4. The number of methoxy groups -OCH3 is 1. The van der Waals surface area contributed by atoms with Crippen molar-refractivity contribution in [3.63, 3.8) is 0 Å². The lowest BCUT2D eigenvalue weighted by atomic mass is 10.1. The molecule has 110 valence electrons. The van der Waals surface area contributed by atoms with Crippen molar-refractivity contribution in [1.82, 2.24) is 0 Å². The van der Waals surface area contributed by atoms with Crippen molar-refractivity contribution >= 4 is 5.78 Å². The first-order chi connectivity index (χ1) is 10.1. The second-order valence-corrected chi connectivity index (χ2v) is 4.36. The van der Waals surface area contributed by atoms with Crippen molar-refractivity contribution in [2.24, 2.45) is 0 Å². The molecule has 0 aliphatic rings. The van der Waals surface area contributed by atoms with Crippen LogP contribution in [0.4, 0.5) is 8.78 Å². The van der Waals surface area contributed by atoms with E-state index in [4.69, 9.17) is 9.47 Å². The van der Waals surface area contributed by atoms with Gasteiger partial charge >= 0.3 is 0 Å². The van der Waals surface area contributed by atoms with Crippen molar-refractivity contribution in [1.29, 1.82) is 0 Å². The Hall–Kier alpha value is -2.27. The summed E-state index contributed by atoms with van der Waals surface area (Å²) in [7, 11) is 1.34. The molecule has 0 atom stereocenters. The number of ketones is 1. The Morgan fingerprint density at radius 3 is 2.52 bits per heavy atom. The van der Waals surface area contributed by atoms with E-state index in [-0.39, 0.29) is 36.1 Å². The summed E-state index contributed by atoms with van der Waals surface area (Å²) in [6.07, 6.45) is 0. The maximum absolute atomic E-state index is 13.5. The fraction of sp³-hybridized carbons (Fsp3) is 0.188. The third-order valence-corrected chi connectivity index (χ3v) is 2.92. The smallest absolute Gasteiger partial charge is 0.188 e. The second-order valence-electron chi connectivity index (χ2n) is 4.36. The average molecular weight is 292 g/mol. The monoisotopic (exact) mass is 292 g/mol. The van der Waals surface area contributed by atoms with Crippen molar-refractivity contribution < 1.29 is 23.0 Å². The predicted octanol–water partition coefficient (Wildman–Crippen LogP) is 3.37. The summed E-state index contributed by atoms with van der Waals surface area (Å²) in [5.74, 6) is -1.32. The fourth-order valence-electron chi connectivity index (χ4n) is 1.79. The van der Waals surface area contributed by atoms with Crippen molar-refractivity contribution in [2.75, 3.05) is 13.7 Å². The molecule has 0 aliphatic carbocycles. The van der Waals surface area contributed by atoms with E-state index >= 15 is 0 Å². The van der Waals surface area contributed by atoms with Crippen LogP contribution >= 0.6 is 0 Å². The normalized spacial score (nSPS) is 10.4. The van der Waals surface area contributed by atoms with E-state index in [1.54, 1.807) is 18.2 Å². The van der Waals surface area contributed by atoms with Gasteiger partial charge in [0, 0.05) is 11.1 Å². The minimum absolute atomic E-state index is 0.0168. The first kappa shape index (κ1) is 15.1. The number of benzene rings is 2. The van der Waals surface area contributed by atoms with Gasteiger partial charge in [0.15, 0.2) is 17.3 Å². The Bertz CT molecular complexity index is 641. The van der Waals surface area contributed by atoms with Crippen LogP contribution < -0.4 is 4.74 Å². The van der Waals surface area contributed by atoms with Gasteiger partial charge in [-0.1, -0.05) is 18.2 Å². The van der Waals surface area contributed by atoms with Gasteiger partial charge in [-0.15, -0.1) is 0 Å². The summed E-state index contributed by atoms with van der Waals surface area (Å²) in [5.41, 5.74) is 0.549. The van der Waals surface area contributed by atoms with E-state index in [1.807, 2.05) is 0 Å². The van der Waals surface area contributed by atoms with Gasteiger partial charge in [-0.25, -0.2) is 8.78 Å². The lowest BCUT2D eigenvalue weighted by molar-refractivity contribution is 0.0720. The fourth-order valence-corrected chi connectivity index (χ4v) is 1.79. The van der Waals surface area contributed by atoms with Crippen molar-refractivity contribution in [3.8, 4) is 5.75 Å². The van der Waals surface area contributed by atoms with Crippen LogP contribution in [0.25, 0.3) is 0 Å². The van der Waals surface area contributed by atoms with Gasteiger partial charge < -0.3 is 9.47 Å². The number of carbonyl (C=O) groups excluding carboxylic acids is 1. The number of ether oxygens (including phenoxy) is 2. The van der Waals surface area contributed by atoms with Crippen LogP contribution in [0.15, 0.2) is 42.5 Å². The van der Waals surface area contributed by atoms with Crippen LogP contribution in [0.5, 0.6) is 5.75 Å². The Kier molecular flexibility index (Phi) is 5.00. The molecule has 0 saturated carbocycles. The highest BCUT2D eigenvalue weighted by Crippen LogP contribution is 2.18. The van der Waals surface area contributed by atoms with Gasteiger partial charge in [0.2, 0.25) is 0 Å². The minimum atomic E-state index is -0.613. The van der Waals surface area contributed by atoms with E-state index in [9.17, 15) is 13.6 Å². The van der Waals surface area contributed by atoms with Gasteiger partial charge in [0.1, 0.15) is 12.4 Å². The SMILES string of the molecule is COc1ccc(C(=O)COCc2ccccc2F)cc1F. The van der Waals surface area contributed by atoms with Gasteiger partial charge in [0.05, 0.1) is 13.7 Å². The van der Waals surface area contributed by atoms with Crippen molar-refractivity contribution in [2.45, 2.75) is 6.61 Å².